The van der Waals surface area contributed by atoms with Gasteiger partial charge in [-0.25, -0.2) is 18.0 Å². The average Bonchev–Trinajstić information content (AvgIpc) is 2.71. The van der Waals surface area contributed by atoms with Crippen LogP contribution < -0.4 is 10.6 Å². The first-order valence-corrected chi connectivity index (χ1v) is 8.48. The van der Waals surface area contributed by atoms with E-state index in [0.29, 0.717) is 19.3 Å². The number of rotatable bonds is 6. The monoisotopic (exact) mass is 306 g/mol. The van der Waals surface area contributed by atoms with Gasteiger partial charge in [0.2, 0.25) is 0 Å². The van der Waals surface area contributed by atoms with E-state index >= 15 is 0 Å². The molecular weight excluding hydrogens is 284 g/mol. The lowest BCUT2D eigenvalue weighted by Crippen LogP contribution is -2.50. The van der Waals surface area contributed by atoms with Gasteiger partial charge in [0.1, 0.15) is 6.04 Å². The van der Waals surface area contributed by atoms with Crippen LogP contribution in [0.5, 0.6) is 0 Å². The second-order valence-corrected chi connectivity index (χ2v) is 7.59. The Kier molecular flexibility index (Phi) is 5.79. The number of amides is 2. The number of carbonyl (C=O) groups is 2. The molecule has 0 spiro atoms. The number of aliphatic carboxylic acids is 1. The zero-order valence-electron chi connectivity index (χ0n) is 11.8. The van der Waals surface area contributed by atoms with Crippen LogP contribution in [-0.2, 0) is 14.6 Å². The second kappa shape index (κ2) is 6.92. The van der Waals surface area contributed by atoms with Crippen LogP contribution in [-0.4, -0.2) is 49.1 Å². The lowest BCUT2D eigenvalue weighted by molar-refractivity contribution is -0.140. The van der Waals surface area contributed by atoms with E-state index in [1.54, 1.807) is 6.92 Å². The maximum Gasteiger partial charge on any atom is 0.326 e. The summed E-state index contributed by atoms with van der Waals surface area (Å²) < 4.78 is 23.2. The molecule has 0 radical (unpaired) electrons. The van der Waals surface area contributed by atoms with E-state index in [0.717, 1.165) is 0 Å². The molecule has 0 bridgehead atoms. The van der Waals surface area contributed by atoms with Crippen molar-refractivity contribution in [3.05, 3.63) is 0 Å². The minimum Gasteiger partial charge on any atom is -0.480 e. The molecule has 0 aliphatic carbocycles. The van der Waals surface area contributed by atoms with E-state index in [9.17, 15) is 18.0 Å². The Morgan fingerprint density at radius 1 is 1.40 bits per heavy atom. The summed E-state index contributed by atoms with van der Waals surface area (Å²) in [6, 6.07) is -1.61. The highest BCUT2D eigenvalue weighted by molar-refractivity contribution is 7.92. The Morgan fingerprint density at radius 3 is 2.50 bits per heavy atom. The normalized spacial score (nSPS) is 23.8. The van der Waals surface area contributed by atoms with Crippen molar-refractivity contribution in [1.82, 2.24) is 10.6 Å². The van der Waals surface area contributed by atoms with E-state index in [4.69, 9.17) is 5.11 Å². The lowest BCUT2D eigenvalue weighted by atomic mass is 9.99. The SMILES string of the molecule is CCC(C)C(NC(=O)NCC1CCCS1(=O)=O)C(=O)O. The quantitative estimate of drug-likeness (QED) is 0.656. The van der Waals surface area contributed by atoms with E-state index in [1.165, 1.54) is 0 Å². The van der Waals surface area contributed by atoms with Crippen molar-refractivity contribution in [2.45, 2.75) is 44.4 Å². The molecule has 0 saturated carbocycles. The molecule has 8 heteroatoms. The highest BCUT2D eigenvalue weighted by atomic mass is 32.2. The second-order valence-electron chi connectivity index (χ2n) is 5.19. The van der Waals surface area contributed by atoms with Crippen LogP contribution in [0, 0.1) is 5.92 Å². The molecule has 20 heavy (non-hydrogen) atoms. The van der Waals surface area contributed by atoms with Crippen LogP contribution in [0.15, 0.2) is 0 Å². The molecule has 1 saturated heterocycles. The van der Waals surface area contributed by atoms with Crippen LogP contribution in [0.1, 0.15) is 33.1 Å². The van der Waals surface area contributed by atoms with Gasteiger partial charge in [0.25, 0.3) is 0 Å². The minimum atomic E-state index is -3.11. The average molecular weight is 306 g/mol. The molecule has 7 nitrogen and oxygen atoms in total. The van der Waals surface area contributed by atoms with Gasteiger partial charge in [0.15, 0.2) is 9.84 Å². The van der Waals surface area contributed by atoms with Gasteiger partial charge in [-0.1, -0.05) is 20.3 Å². The number of carboxylic acids is 1. The fourth-order valence-electron chi connectivity index (χ4n) is 2.17. The first-order valence-electron chi connectivity index (χ1n) is 6.76. The van der Waals surface area contributed by atoms with E-state index in [2.05, 4.69) is 10.6 Å². The van der Waals surface area contributed by atoms with Crippen molar-refractivity contribution in [3.8, 4) is 0 Å². The minimum absolute atomic E-state index is 0.0288. The Bertz CT molecular complexity index is 462. The van der Waals surface area contributed by atoms with E-state index in [1.807, 2.05) is 6.92 Å². The van der Waals surface area contributed by atoms with Gasteiger partial charge in [0.05, 0.1) is 11.0 Å². The van der Waals surface area contributed by atoms with Gasteiger partial charge in [-0.2, -0.15) is 0 Å². The van der Waals surface area contributed by atoms with Crippen molar-refractivity contribution in [2.75, 3.05) is 12.3 Å². The highest BCUT2D eigenvalue weighted by Crippen LogP contribution is 2.19. The molecule has 3 N–H and O–H groups in total. The molecule has 2 amide bonds. The highest BCUT2D eigenvalue weighted by Gasteiger charge is 2.32. The maximum atomic E-state index is 11.7. The smallest absolute Gasteiger partial charge is 0.326 e. The summed E-state index contributed by atoms with van der Waals surface area (Å²) >= 11 is 0. The zero-order valence-corrected chi connectivity index (χ0v) is 12.6. The number of nitrogens with one attached hydrogen (secondary N) is 2. The first kappa shape index (κ1) is 16.7. The molecule has 1 aliphatic heterocycles. The Morgan fingerprint density at radius 2 is 2.05 bits per heavy atom. The zero-order chi connectivity index (χ0) is 15.3. The third kappa shape index (κ3) is 4.36. The molecule has 116 valence electrons. The summed E-state index contributed by atoms with van der Waals surface area (Å²) in [4.78, 5) is 22.7. The maximum absolute atomic E-state index is 11.7. The number of hydrogen-bond acceptors (Lipinski definition) is 4. The van der Waals surface area contributed by atoms with Crippen molar-refractivity contribution in [3.63, 3.8) is 0 Å². The number of hydrogen-bond donors (Lipinski definition) is 3. The number of carbonyl (C=O) groups excluding carboxylic acids is 1. The molecule has 3 atom stereocenters. The van der Waals surface area contributed by atoms with Crippen LogP contribution in [0.2, 0.25) is 0 Å². The molecule has 3 unspecified atom stereocenters. The third-order valence-corrected chi connectivity index (χ3v) is 5.99. The van der Waals surface area contributed by atoms with Crippen LogP contribution in [0.3, 0.4) is 0 Å². The molecule has 0 aromatic carbocycles. The number of urea groups is 1. The first-order chi connectivity index (χ1) is 9.27. The van der Waals surface area contributed by atoms with Crippen LogP contribution >= 0.6 is 0 Å². The lowest BCUT2D eigenvalue weighted by Gasteiger charge is -2.21. The largest absolute Gasteiger partial charge is 0.480 e. The van der Waals surface area contributed by atoms with Gasteiger partial charge in [-0.15, -0.1) is 0 Å². The van der Waals surface area contributed by atoms with Gasteiger partial charge in [-0.3, -0.25) is 0 Å². The summed E-state index contributed by atoms with van der Waals surface area (Å²) in [5.41, 5.74) is 0. The summed E-state index contributed by atoms with van der Waals surface area (Å²) in [6.45, 7) is 3.60. The van der Waals surface area contributed by atoms with Gasteiger partial charge in [0, 0.05) is 6.54 Å². The topological polar surface area (TPSA) is 113 Å². The van der Waals surface area contributed by atoms with Crippen molar-refractivity contribution < 1.29 is 23.1 Å². The summed E-state index contributed by atoms with van der Waals surface area (Å²) in [5, 5.41) is 13.3. The number of carboxylic acid groups (broad SMARTS) is 1. The standard InChI is InChI=1S/C12H22N2O5S/c1-3-8(2)10(11(15)16)14-12(17)13-7-9-5-4-6-20(9,18)19/h8-10H,3-7H2,1-2H3,(H,15,16)(H2,13,14,17). The molecule has 1 heterocycles. The van der Waals surface area contributed by atoms with Gasteiger partial charge < -0.3 is 15.7 Å². The van der Waals surface area contributed by atoms with E-state index < -0.39 is 33.1 Å². The summed E-state index contributed by atoms with van der Waals surface area (Å²) in [5.74, 6) is -1.14. The Hall–Kier alpha value is -1.31. The van der Waals surface area contributed by atoms with Crippen molar-refractivity contribution >= 4 is 21.8 Å². The predicted molar refractivity (Wildman–Crippen MR) is 74.2 cm³/mol. The summed E-state index contributed by atoms with van der Waals surface area (Å²) in [7, 11) is -3.11. The summed E-state index contributed by atoms with van der Waals surface area (Å²) in [6.07, 6.45) is 1.77. The Labute approximate surface area is 119 Å². The van der Waals surface area contributed by atoms with Gasteiger partial charge in [-0.05, 0) is 18.8 Å². The van der Waals surface area contributed by atoms with Crippen LogP contribution in [0.4, 0.5) is 4.79 Å². The van der Waals surface area contributed by atoms with Crippen molar-refractivity contribution in [1.29, 1.82) is 0 Å². The molecule has 0 aromatic rings. The van der Waals surface area contributed by atoms with Gasteiger partial charge >= 0.3 is 12.0 Å². The predicted octanol–water partition coefficient (Wildman–Crippen LogP) is 0.362. The molecular formula is C12H22N2O5S. The van der Waals surface area contributed by atoms with E-state index in [-0.39, 0.29) is 18.2 Å². The molecule has 1 rings (SSSR count). The fourth-order valence-corrected chi connectivity index (χ4v) is 3.93. The molecule has 1 fully saturated rings. The van der Waals surface area contributed by atoms with Crippen LogP contribution in [0.25, 0.3) is 0 Å². The fraction of sp³-hybridized carbons (Fsp3) is 0.833. The third-order valence-electron chi connectivity index (χ3n) is 3.72. The Balaban J connectivity index is 2.48. The van der Waals surface area contributed by atoms with Crippen molar-refractivity contribution in [2.24, 2.45) is 5.92 Å². The molecule has 1 aliphatic rings. The number of sulfone groups is 1. The molecule has 0 aromatic heterocycles.